The van der Waals surface area contributed by atoms with Gasteiger partial charge >= 0.3 is 6.09 Å². The Morgan fingerprint density at radius 2 is 1.54 bits per heavy atom. The highest BCUT2D eigenvalue weighted by atomic mass is 32.2. The van der Waals surface area contributed by atoms with E-state index in [1.54, 1.807) is 4.90 Å². The summed E-state index contributed by atoms with van der Waals surface area (Å²) in [7, 11) is -3.37. The molecule has 1 aliphatic carbocycles. The van der Waals surface area contributed by atoms with Gasteiger partial charge in [0.25, 0.3) is 10.1 Å². The number of hydrogen-bond acceptors (Lipinski definition) is 6. The van der Waals surface area contributed by atoms with Crippen molar-refractivity contribution in [1.82, 2.24) is 9.80 Å². The zero-order valence-corrected chi connectivity index (χ0v) is 16.0. The van der Waals surface area contributed by atoms with E-state index >= 15 is 0 Å². The highest BCUT2D eigenvalue weighted by Gasteiger charge is 2.32. The maximum absolute atomic E-state index is 12.1. The van der Waals surface area contributed by atoms with Crippen molar-refractivity contribution in [1.29, 1.82) is 0 Å². The molecule has 2 fully saturated rings. The van der Waals surface area contributed by atoms with Crippen molar-refractivity contribution >= 4 is 16.2 Å². The summed E-state index contributed by atoms with van der Waals surface area (Å²) in [5, 5.41) is 0. The van der Waals surface area contributed by atoms with E-state index in [0.717, 1.165) is 45.0 Å². The largest absolute Gasteiger partial charge is 0.444 e. The molecule has 0 spiro atoms. The fraction of sp³-hybridized carbons (Fsp3) is 0.938. The van der Waals surface area contributed by atoms with E-state index in [1.165, 1.54) is 0 Å². The molecule has 24 heavy (non-hydrogen) atoms. The fourth-order valence-corrected chi connectivity index (χ4v) is 4.04. The monoisotopic (exact) mass is 362 g/mol. The Bertz CT molecular complexity index is 527. The number of amides is 1. The highest BCUT2D eigenvalue weighted by molar-refractivity contribution is 7.86. The molecule has 2 rings (SSSR count). The molecule has 0 unspecified atom stereocenters. The van der Waals surface area contributed by atoms with Gasteiger partial charge in [-0.3, -0.25) is 9.08 Å². The Morgan fingerprint density at radius 3 is 2.00 bits per heavy atom. The van der Waals surface area contributed by atoms with Crippen LogP contribution in [0.4, 0.5) is 4.79 Å². The Morgan fingerprint density at radius 1 is 1.00 bits per heavy atom. The predicted octanol–water partition coefficient (Wildman–Crippen LogP) is 1.83. The first-order chi connectivity index (χ1) is 11.0. The quantitative estimate of drug-likeness (QED) is 0.713. The number of rotatable bonds is 3. The molecule has 0 aromatic carbocycles. The zero-order valence-electron chi connectivity index (χ0n) is 15.2. The van der Waals surface area contributed by atoms with Crippen LogP contribution in [-0.4, -0.2) is 74.5 Å². The number of carbonyl (C=O) groups is 1. The van der Waals surface area contributed by atoms with Crippen molar-refractivity contribution in [2.45, 2.75) is 64.2 Å². The van der Waals surface area contributed by atoms with E-state index in [-0.39, 0.29) is 12.2 Å². The third kappa shape index (κ3) is 6.22. The summed E-state index contributed by atoms with van der Waals surface area (Å²) < 4.78 is 32.9. The highest BCUT2D eigenvalue weighted by Crippen LogP contribution is 2.27. The van der Waals surface area contributed by atoms with Gasteiger partial charge in [0, 0.05) is 32.2 Å². The molecule has 1 amide bonds. The molecule has 8 heteroatoms. The van der Waals surface area contributed by atoms with Crippen LogP contribution in [0.2, 0.25) is 0 Å². The second-order valence-corrected chi connectivity index (χ2v) is 9.33. The van der Waals surface area contributed by atoms with Crippen LogP contribution >= 0.6 is 0 Å². The van der Waals surface area contributed by atoms with E-state index in [4.69, 9.17) is 8.92 Å². The molecule has 0 aromatic rings. The van der Waals surface area contributed by atoms with Crippen LogP contribution < -0.4 is 0 Å². The molecule has 0 radical (unpaired) electrons. The SMILES string of the molecule is CC(C)(C)OC(=O)N1CCN([C@H]2CC[C@@H](OS(C)(=O)=O)CC2)CC1. The maximum Gasteiger partial charge on any atom is 0.410 e. The lowest BCUT2D eigenvalue weighted by Crippen LogP contribution is -2.53. The molecule has 0 atom stereocenters. The third-order valence-electron chi connectivity index (χ3n) is 4.44. The van der Waals surface area contributed by atoms with E-state index in [0.29, 0.717) is 19.1 Å². The van der Waals surface area contributed by atoms with Gasteiger partial charge in [0.1, 0.15) is 5.60 Å². The summed E-state index contributed by atoms with van der Waals surface area (Å²) in [6, 6.07) is 0.449. The van der Waals surface area contributed by atoms with Gasteiger partial charge in [0.15, 0.2) is 0 Å². The molecular weight excluding hydrogens is 332 g/mol. The Hall–Kier alpha value is -0.860. The van der Waals surface area contributed by atoms with Crippen LogP contribution in [0.15, 0.2) is 0 Å². The first-order valence-corrected chi connectivity index (χ1v) is 10.5. The van der Waals surface area contributed by atoms with Crippen molar-refractivity contribution in [3.8, 4) is 0 Å². The Kier molecular flexibility index (Phi) is 6.14. The summed E-state index contributed by atoms with van der Waals surface area (Å²) in [6.45, 7) is 8.64. The van der Waals surface area contributed by atoms with Gasteiger partial charge in [-0.15, -0.1) is 0 Å². The lowest BCUT2D eigenvalue weighted by molar-refractivity contribution is 0.00547. The molecule has 2 aliphatic rings. The Labute approximate surface area is 145 Å². The number of ether oxygens (including phenoxy) is 1. The van der Waals surface area contributed by atoms with E-state index in [2.05, 4.69) is 4.90 Å². The topological polar surface area (TPSA) is 76.2 Å². The molecule has 1 heterocycles. The minimum Gasteiger partial charge on any atom is -0.444 e. The lowest BCUT2D eigenvalue weighted by Gasteiger charge is -2.41. The molecule has 1 saturated carbocycles. The smallest absolute Gasteiger partial charge is 0.410 e. The molecule has 1 aliphatic heterocycles. The van der Waals surface area contributed by atoms with Crippen molar-refractivity contribution in [3.05, 3.63) is 0 Å². The number of hydrogen-bond donors (Lipinski definition) is 0. The average molecular weight is 362 g/mol. The second-order valence-electron chi connectivity index (χ2n) is 7.73. The molecule has 0 aromatic heterocycles. The van der Waals surface area contributed by atoms with E-state index in [1.807, 2.05) is 20.8 Å². The Balaban J connectivity index is 1.75. The lowest BCUT2D eigenvalue weighted by atomic mass is 9.91. The third-order valence-corrected chi connectivity index (χ3v) is 5.06. The summed E-state index contributed by atoms with van der Waals surface area (Å²) in [5.41, 5.74) is -0.466. The average Bonchev–Trinajstić information content (AvgIpc) is 2.45. The van der Waals surface area contributed by atoms with Gasteiger partial charge < -0.3 is 9.64 Å². The van der Waals surface area contributed by atoms with Crippen LogP contribution in [0.25, 0.3) is 0 Å². The minimum absolute atomic E-state index is 0.181. The van der Waals surface area contributed by atoms with Crippen molar-refractivity contribution in [3.63, 3.8) is 0 Å². The summed E-state index contributed by atoms with van der Waals surface area (Å²) in [5.74, 6) is 0. The maximum atomic E-state index is 12.1. The zero-order chi connectivity index (χ0) is 18.0. The standard InChI is InChI=1S/C16H30N2O5S/c1-16(2,3)22-15(19)18-11-9-17(10-12-18)13-5-7-14(8-6-13)23-24(4,20)21/h13-14H,5-12H2,1-4H3/t13-,14+. The van der Waals surface area contributed by atoms with Crippen LogP contribution in [0.5, 0.6) is 0 Å². The van der Waals surface area contributed by atoms with Crippen LogP contribution in [-0.2, 0) is 19.0 Å². The minimum atomic E-state index is -3.37. The van der Waals surface area contributed by atoms with Crippen molar-refractivity contribution < 1.29 is 22.1 Å². The van der Waals surface area contributed by atoms with Gasteiger partial charge in [-0.2, -0.15) is 8.42 Å². The summed E-state index contributed by atoms with van der Waals surface area (Å²) in [6.07, 6.45) is 4.09. The van der Waals surface area contributed by atoms with Crippen molar-refractivity contribution in [2.24, 2.45) is 0 Å². The van der Waals surface area contributed by atoms with Gasteiger partial charge in [-0.25, -0.2) is 4.79 Å². The normalized spacial score (nSPS) is 27.1. The van der Waals surface area contributed by atoms with Gasteiger partial charge in [-0.1, -0.05) is 0 Å². The van der Waals surface area contributed by atoms with Crippen LogP contribution in [0.1, 0.15) is 46.5 Å². The van der Waals surface area contributed by atoms with Gasteiger partial charge in [-0.05, 0) is 46.5 Å². The number of carbonyl (C=O) groups excluding carboxylic acids is 1. The summed E-state index contributed by atoms with van der Waals surface area (Å²) >= 11 is 0. The van der Waals surface area contributed by atoms with Crippen molar-refractivity contribution in [2.75, 3.05) is 32.4 Å². The molecule has 1 saturated heterocycles. The predicted molar refractivity (Wildman–Crippen MR) is 91.4 cm³/mol. The number of nitrogens with zero attached hydrogens (tertiary/aromatic N) is 2. The van der Waals surface area contributed by atoms with Crippen LogP contribution in [0.3, 0.4) is 0 Å². The second kappa shape index (κ2) is 7.58. The van der Waals surface area contributed by atoms with Crippen LogP contribution in [0, 0.1) is 0 Å². The molecular formula is C16H30N2O5S. The van der Waals surface area contributed by atoms with Gasteiger partial charge in [0.2, 0.25) is 0 Å². The molecule has 140 valence electrons. The molecule has 0 bridgehead atoms. The summed E-state index contributed by atoms with van der Waals surface area (Å²) in [4.78, 5) is 16.2. The van der Waals surface area contributed by atoms with E-state index < -0.39 is 15.7 Å². The fourth-order valence-electron chi connectivity index (χ4n) is 3.35. The first kappa shape index (κ1) is 19.5. The first-order valence-electron chi connectivity index (χ1n) is 8.64. The number of piperazine rings is 1. The van der Waals surface area contributed by atoms with Gasteiger partial charge in [0.05, 0.1) is 12.4 Å². The molecule has 0 N–H and O–H groups in total. The van der Waals surface area contributed by atoms with E-state index in [9.17, 15) is 13.2 Å². The molecule has 7 nitrogen and oxygen atoms in total.